The van der Waals surface area contributed by atoms with E-state index >= 15 is 4.39 Å². The summed E-state index contributed by atoms with van der Waals surface area (Å²) in [4.78, 5) is 25.3. The van der Waals surface area contributed by atoms with E-state index in [1.807, 2.05) is 17.0 Å². The average Bonchev–Trinajstić information content (AvgIpc) is 3.74. The first-order valence-corrected chi connectivity index (χ1v) is 18.1. The van der Waals surface area contributed by atoms with E-state index in [1.54, 1.807) is 12.3 Å². The lowest BCUT2D eigenvalue weighted by molar-refractivity contribution is -0.138. The van der Waals surface area contributed by atoms with Crippen LogP contribution in [0.25, 0.3) is 22.2 Å². The normalized spacial score (nSPS) is 20.2. The first-order chi connectivity index (χ1) is 24.6. The number of carboxylic acids is 1. The van der Waals surface area contributed by atoms with Crippen molar-refractivity contribution >= 4 is 39.6 Å². The second-order valence-electron chi connectivity index (χ2n) is 13.3. The number of pyridine rings is 1. The van der Waals surface area contributed by atoms with Crippen molar-refractivity contribution in [3.63, 3.8) is 0 Å². The van der Waals surface area contributed by atoms with Gasteiger partial charge in [0.25, 0.3) is 0 Å². The minimum atomic E-state index is -2.99. The van der Waals surface area contributed by atoms with Crippen molar-refractivity contribution < 1.29 is 36.6 Å². The van der Waals surface area contributed by atoms with Gasteiger partial charge in [0.1, 0.15) is 17.5 Å². The van der Waals surface area contributed by atoms with Gasteiger partial charge in [-0.25, -0.2) is 27.6 Å². The number of likely N-dealkylation sites (tertiary alicyclic amines) is 1. The van der Waals surface area contributed by atoms with Crippen molar-refractivity contribution in [3.8, 4) is 22.6 Å². The van der Waals surface area contributed by atoms with Gasteiger partial charge in [-0.3, -0.25) is 18.8 Å². The van der Waals surface area contributed by atoms with Crippen LogP contribution in [0.2, 0.25) is 0 Å². The maximum Gasteiger partial charge on any atom is 0.317 e. The van der Waals surface area contributed by atoms with Crippen LogP contribution in [0.15, 0.2) is 54.9 Å². The Labute approximate surface area is 295 Å². The highest BCUT2D eigenvalue weighted by Crippen LogP contribution is 2.38. The number of H-pyrrole nitrogens is 1. The summed E-state index contributed by atoms with van der Waals surface area (Å²) in [5.74, 6) is -3.16. The Morgan fingerprint density at radius 2 is 1.75 bits per heavy atom. The number of fused-ring (bicyclic) bond motifs is 1. The summed E-state index contributed by atoms with van der Waals surface area (Å²) in [5.41, 5.74) is 2.70. The number of anilines is 2. The zero-order valence-corrected chi connectivity index (χ0v) is 28.7. The van der Waals surface area contributed by atoms with Crippen LogP contribution in [0, 0.1) is 17.6 Å². The largest absolute Gasteiger partial charge is 0.754 e. The molecule has 272 valence electrons. The molecular formula is C35H39F3N7O5S-. The molecule has 0 radical (unpaired) electrons. The van der Waals surface area contributed by atoms with Gasteiger partial charge in [0, 0.05) is 62.9 Å². The summed E-state index contributed by atoms with van der Waals surface area (Å²) in [6, 6.07) is 11.8. The van der Waals surface area contributed by atoms with Gasteiger partial charge in [0.2, 0.25) is 5.75 Å². The number of carbonyl (C=O) groups is 1. The summed E-state index contributed by atoms with van der Waals surface area (Å²) in [7, 11) is 0. The highest BCUT2D eigenvalue weighted by molar-refractivity contribution is 7.80. The Bertz CT molecular complexity index is 1880. The molecule has 0 bridgehead atoms. The van der Waals surface area contributed by atoms with Gasteiger partial charge in [-0.15, -0.1) is 0 Å². The minimum absolute atomic E-state index is 0.0517. The highest BCUT2D eigenvalue weighted by atomic mass is 32.2. The van der Waals surface area contributed by atoms with Crippen molar-refractivity contribution in [2.75, 3.05) is 74.8 Å². The van der Waals surface area contributed by atoms with Gasteiger partial charge in [-0.2, -0.15) is 0 Å². The number of piperidine rings is 1. The molecule has 2 N–H and O–H groups in total. The lowest BCUT2D eigenvalue weighted by atomic mass is 9.96. The van der Waals surface area contributed by atoms with Gasteiger partial charge in [0.15, 0.2) is 17.4 Å². The second kappa shape index (κ2) is 15.2. The second-order valence-corrected chi connectivity index (χ2v) is 14.1. The summed E-state index contributed by atoms with van der Waals surface area (Å²) >= 11 is -2.99. The first kappa shape index (κ1) is 35.2. The van der Waals surface area contributed by atoms with E-state index in [1.165, 1.54) is 6.20 Å². The molecule has 0 saturated carbocycles. The Balaban J connectivity index is 1.01. The number of piperazine rings is 1. The van der Waals surface area contributed by atoms with Crippen LogP contribution in [0.4, 0.5) is 24.5 Å². The number of rotatable bonds is 11. The quantitative estimate of drug-likeness (QED) is 0.208. The zero-order valence-electron chi connectivity index (χ0n) is 27.8. The molecule has 3 aliphatic heterocycles. The lowest BCUT2D eigenvalue weighted by Crippen LogP contribution is -2.49. The molecule has 7 rings (SSSR count). The molecule has 5 heterocycles. The van der Waals surface area contributed by atoms with Crippen molar-refractivity contribution in [1.82, 2.24) is 24.8 Å². The van der Waals surface area contributed by atoms with Crippen molar-refractivity contribution in [2.45, 2.75) is 25.4 Å². The fourth-order valence-corrected chi connectivity index (χ4v) is 7.86. The Hall–Kier alpha value is -4.22. The third-order valence-electron chi connectivity index (χ3n) is 9.97. The SMILES string of the molecule is O=C(O)CN1CCC(CN2CCN(c3ccc(-c4cnc5[nH]cc(Oc6c(F)ccc(N(N7CC[C@@H](F)C7)S(=O)[O-])c6F)c5c4)cc3)CC2)CC1. The van der Waals surface area contributed by atoms with E-state index < -0.39 is 46.5 Å². The number of aromatic nitrogens is 2. The predicted molar refractivity (Wildman–Crippen MR) is 186 cm³/mol. The molecule has 4 aromatic rings. The molecule has 12 nitrogen and oxygen atoms in total. The van der Waals surface area contributed by atoms with Gasteiger partial charge in [-0.1, -0.05) is 12.1 Å². The van der Waals surface area contributed by atoms with Crippen LogP contribution in [-0.4, -0.2) is 116 Å². The number of carboxylic acid groups (broad SMARTS) is 1. The molecule has 3 aliphatic rings. The first-order valence-electron chi connectivity index (χ1n) is 17.1. The van der Waals surface area contributed by atoms with E-state index in [0.717, 1.165) is 92.6 Å². The number of ether oxygens (including phenoxy) is 1. The molecule has 3 saturated heterocycles. The Kier molecular flexibility index (Phi) is 10.5. The van der Waals surface area contributed by atoms with Crippen molar-refractivity contribution in [1.29, 1.82) is 0 Å². The summed E-state index contributed by atoms with van der Waals surface area (Å²) < 4.78 is 75.0. The van der Waals surface area contributed by atoms with Crippen LogP contribution in [0.5, 0.6) is 11.5 Å². The molecule has 0 amide bonds. The highest BCUT2D eigenvalue weighted by Gasteiger charge is 2.31. The van der Waals surface area contributed by atoms with Crippen LogP contribution < -0.4 is 14.1 Å². The number of nitrogens with zero attached hydrogens (tertiary/aromatic N) is 6. The molecule has 2 aromatic heterocycles. The number of benzene rings is 2. The van der Waals surface area contributed by atoms with Crippen molar-refractivity contribution in [2.24, 2.45) is 5.92 Å². The Morgan fingerprint density at radius 1 is 1.00 bits per heavy atom. The molecule has 2 aromatic carbocycles. The number of halogens is 3. The fraction of sp³-hybridized carbons (Fsp3) is 0.429. The van der Waals surface area contributed by atoms with Crippen LogP contribution in [0.3, 0.4) is 0 Å². The Morgan fingerprint density at radius 3 is 2.41 bits per heavy atom. The third kappa shape index (κ3) is 7.84. The van der Waals surface area contributed by atoms with Gasteiger partial charge >= 0.3 is 5.97 Å². The van der Waals surface area contributed by atoms with Crippen molar-refractivity contribution in [3.05, 3.63) is 66.5 Å². The van der Waals surface area contributed by atoms with E-state index in [9.17, 15) is 22.3 Å². The van der Waals surface area contributed by atoms with E-state index in [-0.39, 0.29) is 31.8 Å². The standard InChI is InChI=1S/C35H40F3N7O5S/c36-26-9-12-44(21-26)45(51(48)49)30-6-5-29(37)34(33(30)38)50-31-19-40-35-28(31)17-25(18-39-35)24-1-3-27(4-2-24)43-15-13-42(14-16-43)20-23-7-10-41(11-8-23)22-32(46)47/h1-6,17-19,23,26H,7-16,20-22H2,(H,39,40)(H,46,47)(H,48,49)/p-1/t26-/m1/s1. The third-order valence-corrected chi connectivity index (χ3v) is 10.7. The lowest BCUT2D eigenvalue weighted by Gasteiger charge is -2.39. The molecule has 1 unspecified atom stereocenters. The summed E-state index contributed by atoms with van der Waals surface area (Å²) in [6.07, 6.45) is 3.99. The summed E-state index contributed by atoms with van der Waals surface area (Å²) in [5, 5.41) is 10.7. The zero-order chi connectivity index (χ0) is 35.6. The molecule has 0 aliphatic carbocycles. The number of hydrazine groups is 1. The van der Waals surface area contributed by atoms with E-state index in [0.29, 0.717) is 21.4 Å². The number of alkyl halides is 1. The molecular weight excluding hydrogens is 687 g/mol. The fourth-order valence-electron chi connectivity index (χ4n) is 7.22. The number of hydrogen-bond acceptors (Lipinski definition) is 9. The number of aromatic amines is 1. The molecule has 51 heavy (non-hydrogen) atoms. The van der Waals surface area contributed by atoms with E-state index in [2.05, 4.69) is 31.9 Å². The average molecular weight is 727 g/mol. The topological polar surface area (TPSA) is 132 Å². The molecule has 0 spiro atoms. The maximum absolute atomic E-state index is 15.7. The van der Waals surface area contributed by atoms with Crippen LogP contribution >= 0.6 is 0 Å². The van der Waals surface area contributed by atoms with Gasteiger partial charge in [0.05, 0.1) is 29.7 Å². The molecule has 16 heteroatoms. The smallest absolute Gasteiger partial charge is 0.317 e. The maximum atomic E-state index is 15.7. The minimum Gasteiger partial charge on any atom is -0.754 e. The van der Waals surface area contributed by atoms with E-state index in [4.69, 9.17) is 9.84 Å². The molecule has 3 fully saturated rings. The van der Waals surface area contributed by atoms with Crippen LogP contribution in [0.1, 0.15) is 19.3 Å². The van der Waals surface area contributed by atoms with Gasteiger partial charge < -0.3 is 24.3 Å². The monoisotopic (exact) mass is 726 g/mol. The predicted octanol–water partition coefficient (Wildman–Crippen LogP) is 4.78. The number of aliphatic carboxylic acids is 1. The van der Waals surface area contributed by atoms with Crippen LogP contribution in [-0.2, 0) is 16.1 Å². The summed E-state index contributed by atoms with van der Waals surface area (Å²) in [6.45, 7) is 6.37. The number of hydrogen-bond donors (Lipinski definition) is 2. The number of nitrogens with one attached hydrogen (secondary N) is 1. The molecule has 2 atom stereocenters. The van der Waals surface area contributed by atoms with Gasteiger partial charge in [-0.05, 0) is 74.2 Å².